The Labute approximate surface area is 152 Å². The summed E-state index contributed by atoms with van der Waals surface area (Å²) in [6.07, 6.45) is 2.24. The van der Waals surface area contributed by atoms with Gasteiger partial charge in [0.25, 0.3) is 11.8 Å². The fourth-order valence-electron chi connectivity index (χ4n) is 2.24. The molecule has 0 aliphatic carbocycles. The standard InChI is InChI=1S/C19H23N3O4/c1-4-9-20-17(23)13(3)21-18(24)14-8-7-12(2)15(11-14)22-19(25)16-6-5-10-26-16/h5-8,10-11,13H,4,9H2,1-3H3,(H,20,23)(H,21,24)(H,22,25)/t13-/m0/s1. The number of amides is 3. The molecule has 0 aliphatic rings. The minimum atomic E-state index is -0.656. The van der Waals surface area contributed by atoms with Crippen molar-refractivity contribution >= 4 is 23.4 Å². The number of aryl methyl sites for hydroxylation is 1. The molecule has 0 bridgehead atoms. The van der Waals surface area contributed by atoms with Gasteiger partial charge in [-0.15, -0.1) is 0 Å². The Bertz CT molecular complexity index is 784. The minimum Gasteiger partial charge on any atom is -0.459 e. The summed E-state index contributed by atoms with van der Waals surface area (Å²) in [6, 6.07) is 7.46. The van der Waals surface area contributed by atoms with Gasteiger partial charge in [-0.05, 0) is 50.1 Å². The number of hydrogen-bond donors (Lipinski definition) is 3. The minimum absolute atomic E-state index is 0.181. The number of rotatable bonds is 7. The largest absolute Gasteiger partial charge is 0.459 e. The Balaban J connectivity index is 2.06. The van der Waals surface area contributed by atoms with Crippen LogP contribution in [0.4, 0.5) is 5.69 Å². The molecule has 0 saturated heterocycles. The molecule has 26 heavy (non-hydrogen) atoms. The average molecular weight is 357 g/mol. The Morgan fingerprint density at radius 3 is 2.58 bits per heavy atom. The third kappa shape index (κ3) is 4.95. The highest BCUT2D eigenvalue weighted by Crippen LogP contribution is 2.18. The Morgan fingerprint density at radius 1 is 1.15 bits per heavy atom. The van der Waals surface area contributed by atoms with Crippen LogP contribution in [0.25, 0.3) is 0 Å². The zero-order chi connectivity index (χ0) is 19.1. The summed E-state index contributed by atoms with van der Waals surface area (Å²) in [5, 5.41) is 8.10. The van der Waals surface area contributed by atoms with Gasteiger partial charge in [0, 0.05) is 17.8 Å². The first-order chi connectivity index (χ1) is 12.4. The van der Waals surface area contributed by atoms with E-state index in [1.54, 1.807) is 37.3 Å². The van der Waals surface area contributed by atoms with Gasteiger partial charge in [-0.3, -0.25) is 14.4 Å². The lowest BCUT2D eigenvalue weighted by molar-refractivity contribution is -0.122. The zero-order valence-electron chi connectivity index (χ0n) is 15.1. The van der Waals surface area contributed by atoms with Crippen LogP contribution in [0.3, 0.4) is 0 Å². The van der Waals surface area contributed by atoms with Crippen LogP contribution in [-0.2, 0) is 4.79 Å². The van der Waals surface area contributed by atoms with E-state index in [0.717, 1.165) is 12.0 Å². The molecule has 1 heterocycles. The van der Waals surface area contributed by atoms with Crippen molar-refractivity contribution in [1.82, 2.24) is 10.6 Å². The maximum atomic E-state index is 12.4. The molecule has 7 nitrogen and oxygen atoms in total. The topological polar surface area (TPSA) is 100 Å². The van der Waals surface area contributed by atoms with Crippen molar-refractivity contribution in [1.29, 1.82) is 0 Å². The molecule has 138 valence electrons. The van der Waals surface area contributed by atoms with Gasteiger partial charge in [0.1, 0.15) is 6.04 Å². The molecule has 0 spiro atoms. The van der Waals surface area contributed by atoms with Crippen molar-refractivity contribution in [2.45, 2.75) is 33.2 Å². The van der Waals surface area contributed by atoms with Crippen LogP contribution in [0.5, 0.6) is 0 Å². The number of benzene rings is 1. The molecule has 3 amide bonds. The molecule has 1 aromatic heterocycles. The number of furan rings is 1. The second-order valence-corrected chi connectivity index (χ2v) is 5.95. The average Bonchev–Trinajstić information content (AvgIpc) is 3.16. The predicted molar refractivity (Wildman–Crippen MR) is 98.1 cm³/mol. The normalized spacial score (nSPS) is 11.5. The van der Waals surface area contributed by atoms with Crippen molar-refractivity contribution in [3.63, 3.8) is 0 Å². The summed E-state index contributed by atoms with van der Waals surface area (Å²) in [5.41, 5.74) is 1.65. The third-order valence-electron chi connectivity index (χ3n) is 3.78. The molecule has 0 saturated carbocycles. The molecule has 2 rings (SSSR count). The van der Waals surface area contributed by atoms with E-state index in [0.29, 0.717) is 17.8 Å². The van der Waals surface area contributed by atoms with Crippen LogP contribution >= 0.6 is 0 Å². The molecule has 3 N–H and O–H groups in total. The van der Waals surface area contributed by atoms with Gasteiger partial charge in [-0.2, -0.15) is 0 Å². The first kappa shape index (κ1) is 19.2. The SMILES string of the molecule is CCCNC(=O)[C@H](C)NC(=O)c1ccc(C)c(NC(=O)c2ccco2)c1. The van der Waals surface area contributed by atoms with Gasteiger partial charge >= 0.3 is 0 Å². The van der Waals surface area contributed by atoms with Crippen LogP contribution < -0.4 is 16.0 Å². The second-order valence-electron chi connectivity index (χ2n) is 5.95. The summed E-state index contributed by atoms with van der Waals surface area (Å²) in [5.74, 6) is -0.847. The molecule has 1 aromatic carbocycles. The van der Waals surface area contributed by atoms with Gasteiger partial charge < -0.3 is 20.4 Å². The third-order valence-corrected chi connectivity index (χ3v) is 3.78. The molecule has 7 heteroatoms. The first-order valence-corrected chi connectivity index (χ1v) is 8.46. The van der Waals surface area contributed by atoms with Crippen LogP contribution in [0, 0.1) is 6.92 Å². The predicted octanol–water partition coefficient (Wildman–Crippen LogP) is 2.48. The second kappa shape index (κ2) is 8.84. The fraction of sp³-hybridized carbons (Fsp3) is 0.316. The van der Waals surface area contributed by atoms with Crippen molar-refractivity contribution in [2.24, 2.45) is 0 Å². The Morgan fingerprint density at radius 2 is 1.92 bits per heavy atom. The quantitative estimate of drug-likeness (QED) is 0.709. The van der Waals surface area contributed by atoms with E-state index in [9.17, 15) is 14.4 Å². The zero-order valence-corrected chi connectivity index (χ0v) is 15.1. The maximum absolute atomic E-state index is 12.4. The monoisotopic (exact) mass is 357 g/mol. The van der Waals surface area contributed by atoms with E-state index >= 15 is 0 Å². The summed E-state index contributed by atoms with van der Waals surface area (Å²) in [6.45, 7) is 5.96. The van der Waals surface area contributed by atoms with Crippen LogP contribution in [0.15, 0.2) is 41.0 Å². The highest BCUT2D eigenvalue weighted by Gasteiger charge is 2.17. The van der Waals surface area contributed by atoms with Gasteiger partial charge in [0.2, 0.25) is 5.91 Å². The lowest BCUT2D eigenvalue weighted by Gasteiger charge is -2.15. The van der Waals surface area contributed by atoms with Crippen molar-refractivity contribution in [2.75, 3.05) is 11.9 Å². The van der Waals surface area contributed by atoms with E-state index in [1.165, 1.54) is 6.26 Å². The lowest BCUT2D eigenvalue weighted by Crippen LogP contribution is -2.45. The number of hydrogen-bond acceptors (Lipinski definition) is 4. The highest BCUT2D eigenvalue weighted by molar-refractivity contribution is 6.04. The number of carbonyl (C=O) groups is 3. The smallest absolute Gasteiger partial charge is 0.291 e. The van der Waals surface area contributed by atoms with Crippen LogP contribution in [0.1, 0.15) is 46.7 Å². The highest BCUT2D eigenvalue weighted by atomic mass is 16.3. The summed E-state index contributed by atoms with van der Waals surface area (Å²) < 4.78 is 5.06. The number of anilines is 1. The number of nitrogens with one attached hydrogen (secondary N) is 3. The Hall–Kier alpha value is -3.09. The molecule has 1 atom stereocenters. The van der Waals surface area contributed by atoms with E-state index in [4.69, 9.17) is 4.42 Å². The molecular formula is C19H23N3O4. The van der Waals surface area contributed by atoms with Gasteiger partial charge in [-0.1, -0.05) is 13.0 Å². The van der Waals surface area contributed by atoms with E-state index in [2.05, 4.69) is 16.0 Å². The van der Waals surface area contributed by atoms with E-state index < -0.39 is 17.9 Å². The van der Waals surface area contributed by atoms with Crippen molar-refractivity contribution in [3.8, 4) is 0 Å². The molecule has 0 fully saturated rings. The van der Waals surface area contributed by atoms with Crippen LogP contribution in [0.2, 0.25) is 0 Å². The van der Waals surface area contributed by atoms with Gasteiger partial charge in [0.05, 0.1) is 6.26 Å². The summed E-state index contributed by atoms with van der Waals surface area (Å²) >= 11 is 0. The molecular weight excluding hydrogens is 334 g/mol. The summed E-state index contributed by atoms with van der Waals surface area (Å²) in [7, 11) is 0. The lowest BCUT2D eigenvalue weighted by atomic mass is 10.1. The molecule has 0 unspecified atom stereocenters. The summed E-state index contributed by atoms with van der Waals surface area (Å²) in [4.78, 5) is 36.4. The molecule has 0 aliphatic heterocycles. The Kier molecular flexibility index (Phi) is 6.54. The van der Waals surface area contributed by atoms with Crippen molar-refractivity contribution in [3.05, 3.63) is 53.5 Å². The molecule has 0 radical (unpaired) electrons. The van der Waals surface area contributed by atoms with Gasteiger partial charge in [0.15, 0.2) is 5.76 Å². The number of carbonyl (C=O) groups excluding carboxylic acids is 3. The first-order valence-electron chi connectivity index (χ1n) is 8.46. The van der Waals surface area contributed by atoms with E-state index in [1.807, 2.05) is 13.8 Å². The van der Waals surface area contributed by atoms with Gasteiger partial charge in [-0.25, -0.2) is 0 Å². The van der Waals surface area contributed by atoms with E-state index in [-0.39, 0.29) is 11.7 Å². The fourth-order valence-corrected chi connectivity index (χ4v) is 2.24. The van der Waals surface area contributed by atoms with Crippen molar-refractivity contribution < 1.29 is 18.8 Å². The maximum Gasteiger partial charge on any atom is 0.291 e. The van der Waals surface area contributed by atoms with Crippen LogP contribution in [-0.4, -0.2) is 30.3 Å². The molecule has 2 aromatic rings.